The highest BCUT2D eigenvalue weighted by atomic mass is 32.1. The Kier molecular flexibility index (Phi) is 3.56. The van der Waals surface area contributed by atoms with Crippen molar-refractivity contribution in [2.45, 2.75) is 20.4 Å². The molecule has 2 heterocycles. The Hall–Kier alpha value is -1.96. The van der Waals surface area contributed by atoms with Gasteiger partial charge in [-0.05, 0) is 13.8 Å². The number of hydrogen-bond donors (Lipinski definition) is 2. The lowest BCUT2D eigenvalue weighted by Crippen LogP contribution is -2.23. The lowest BCUT2D eigenvalue weighted by Gasteiger charge is -2.01. The third kappa shape index (κ3) is 2.48. The molecule has 0 aliphatic rings. The minimum Gasteiger partial charge on any atom is -0.363 e. The summed E-state index contributed by atoms with van der Waals surface area (Å²) in [4.78, 5) is 11.8. The van der Waals surface area contributed by atoms with E-state index in [0.717, 1.165) is 11.3 Å². The Bertz CT molecular complexity index is 543. The first-order chi connectivity index (χ1) is 8.61. The Morgan fingerprint density at radius 1 is 1.39 bits per heavy atom. The summed E-state index contributed by atoms with van der Waals surface area (Å²) in [7, 11) is 1.73. The predicted octanol–water partition coefficient (Wildman–Crippen LogP) is 1.11. The highest BCUT2D eigenvalue weighted by molar-refractivity contribution is 7.17. The summed E-state index contributed by atoms with van der Waals surface area (Å²) >= 11 is 1.20. The van der Waals surface area contributed by atoms with Crippen LogP contribution in [0.1, 0.15) is 26.8 Å². The van der Waals surface area contributed by atoms with Crippen LogP contribution < -0.4 is 10.6 Å². The number of nitrogens with zero attached hydrogens (tertiary/aromatic N) is 3. The molecule has 0 fully saturated rings. The van der Waals surface area contributed by atoms with Crippen molar-refractivity contribution in [2.24, 2.45) is 0 Å². The molecule has 0 aromatic carbocycles. The lowest BCUT2D eigenvalue weighted by molar-refractivity contribution is 0.0949. The number of aryl methyl sites for hydroxylation is 2. The van der Waals surface area contributed by atoms with Crippen molar-refractivity contribution in [3.63, 3.8) is 0 Å². The van der Waals surface area contributed by atoms with Crippen LogP contribution in [0.15, 0.2) is 4.52 Å². The van der Waals surface area contributed by atoms with Gasteiger partial charge in [-0.3, -0.25) is 4.79 Å². The molecule has 0 saturated carbocycles. The van der Waals surface area contributed by atoms with Crippen LogP contribution in [0.25, 0.3) is 0 Å². The second-order valence-corrected chi connectivity index (χ2v) is 4.63. The van der Waals surface area contributed by atoms with Crippen molar-refractivity contribution >= 4 is 22.4 Å². The fourth-order valence-corrected chi connectivity index (χ4v) is 2.03. The maximum atomic E-state index is 11.8. The number of carbonyl (C=O) groups excluding carboxylic acids is 1. The van der Waals surface area contributed by atoms with Gasteiger partial charge >= 0.3 is 0 Å². The van der Waals surface area contributed by atoms with Gasteiger partial charge in [0.25, 0.3) is 5.91 Å². The van der Waals surface area contributed by atoms with Crippen molar-refractivity contribution in [1.82, 2.24) is 20.7 Å². The van der Waals surface area contributed by atoms with Gasteiger partial charge in [-0.1, -0.05) is 16.5 Å². The molecule has 0 spiro atoms. The molecule has 7 nitrogen and oxygen atoms in total. The van der Waals surface area contributed by atoms with Gasteiger partial charge in [0.1, 0.15) is 5.76 Å². The first-order valence-electron chi connectivity index (χ1n) is 5.33. The standard InChI is InChI=1S/C10H13N5O2S/c1-5-7(6(2)17-15-5)4-12-8(16)9-13-14-10(11-3)18-9/h4H2,1-3H3,(H,11,14)(H,12,16). The zero-order valence-electron chi connectivity index (χ0n) is 10.3. The molecule has 2 N–H and O–H groups in total. The van der Waals surface area contributed by atoms with E-state index in [1.165, 1.54) is 11.3 Å². The number of anilines is 1. The van der Waals surface area contributed by atoms with Gasteiger partial charge < -0.3 is 15.2 Å². The maximum absolute atomic E-state index is 11.8. The summed E-state index contributed by atoms with van der Waals surface area (Å²) in [6, 6.07) is 0. The van der Waals surface area contributed by atoms with Crippen LogP contribution in [0, 0.1) is 13.8 Å². The first-order valence-corrected chi connectivity index (χ1v) is 6.14. The third-order valence-electron chi connectivity index (χ3n) is 2.44. The molecule has 1 amide bonds. The maximum Gasteiger partial charge on any atom is 0.282 e. The molecule has 2 aromatic heterocycles. The van der Waals surface area contributed by atoms with E-state index in [1.807, 2.05) is 13.8 Å². The van der Waals surface area contributed by atoms with E-state index < -0.39 is 0 Å². The van der Waals surface area contributed by atoms with Gasteiger partial charge in [0, 0.05) is 19.2 Å². The van der Waals surface area contributed by atoms with E-state index in [1.54, 1.807) is 7.05 Å². The lowest BCUT2D eigenvalue weighted by atomic mass is 10.2. The van der Waals surface area contributed by atoms with Crippen molar-refractivity contribution < 1.29 is 9.32 Å². The van der Waals surface area contributed by atoms with E-state index in [0.29, 0.717) is 22.4 Å². The third-order valence-corrected chi connectivity index (χ3v) is 3.38. The molecular formula is C10H13N5O2S. The Morgan fingerprint density at radius 2 is 2.17 bits per heavy atom. The summed E-state index contributed by atoms with van der Waals surface area (Å²) in [5, 5.41) is 17.9. The van der Waals surface area contributed by atoms with Crippen LogP contribution in [0.3, 0.4) is 0 Å². The van der Waals surface area contributed by atoms with Crippen LogP contribution in [-0.4, -0.2) is 28.3 Å². The monoisotopic (exact) mass is 267 g/mol. The van der Waals surface area contributed by atoms with Crippen molar-refractivity contribution in [1.29, 1.82) is 0 Å². The summed E-state index contributed by atoms with van der Waals surface area (Å²) in [6.07, 6.45) is 0. The number of amides is 1. The minimum absolute atomic E-state index is 0.256. The highest BCUT2D eigenvalue weighted by Crippen LogP contribution is 2.15. The van der Waals surface area contributed by atoms with Crippen molar-refractivity contribution in [3.05, 3.63) is 22.0 Å². The largest absolute Gasteiger partial charge is 0.363 e. The number of hydrogen-bond acceptors (Lipinski definition) is 7. The number of aromatic nitrogens is 3. The molecule has 0 unspecified atom stereocenters. The zero-order valence-corrected chi connectivity index (χ0v) is 11.1. The van der Waals surface area contributed by atoms with Gasteiger partial charge in [-0.25, -0.2) is 0 Å². The topological polar surface area (TPSA) is 92.9 Å². The zero-order chi connectivity index (χ0) is 13.1. The van der Waals surface area contributed by atoms with Crippen molar-refractivity contribution in [3.8, 4) is 0 Å². The van der Waals surface area contributed by atoms with Crippen LogP contribution in [0.4, 0.5) is 5.13 Å². The summed E-state index contributed by atoms with van der Waals surface area (Å²) in [5.74, 6) is 0.454. The van der Waals surface area contributed by atoms with Crippen LogP contribution >= 0.6 is 11.3 Å². The smallest absolute Gasteiger partial charge is 0.282 e. The van der Waals surface area contributed by atoms with Crippen molar-refractivity contribution in [2.75, 3.05) is 12.4 Å². The normalized spacial score (nSPS) is 10.4. The van der Waals surface area contributed by atoms with Gasteiger partial charge in [0.05, 0.1) is 5.69 Å². The Balaban J connectivity index is 2.00. The van der Waals surface area contributed by atoms with E-state index >= 15 is 0 Å². The summed E-state index contributed by atoms with van der Waals surface area (Å²) < 4.78 is 5.02. The molecule has 0 saturated heterocycles. The van der Waals surface area contributed by atoms with E-state index in [4.69, 9.17) is 4.52 Å². The number of rotatable bonds is 4. The molecule has 0 radical (unpaired) electrons. The summed E-state index contributed by atoms with van der Waals surface area (Å²) in [6.45, 7) is 4.02. The molecule has 0 aliphatic heterocycles. The van der Waals surface area contributed by atoms with Gasteiger partial charge in [-0.15, -0.1) is 10.2 Å². The first kappa shape index (κ1) is 12.5. The SMILES string of the molecule is CNc1nnc(C(=O)NCc2c(C)noc2C)s1. The van der Waals surface area contributed by atoms with Crippen LogP contribution in [0.2, 0.25) is 0 Å². The van der Waals surface area contributed by atoms with Gasteiger partial charge in [0.2, 0.25) is 10.1 Å². The minimum atomic E-state index is -0.256. The molecule has 8 heteroatoms. The van der Waals surface area contributed by atoms with Gasteiger partial charge in [-0.2, -0.15) is 0 Å². The molecule has 18 heavy (non-hydrogen) atoms. The predicted molar refractivity (Wildman–Crippen MR) is 66.6 cm³/mol. The second kappa shape index (κ2) is 5.13. The van der Waals surface area contributed by atoms with E-state index in [9.17, 15) is 4.79 Å². The molecule has 0 atom stereocenters. The molecular weight excluding hydrogens is 254 g/mol. The van der Waals surface area contributed by atoms with Gasteiger partial charge in [0.15, 0.2) is 0 Å². The van der Waals surface area contributed by atoms with E-state index in [-0.39, 0.29) is 5.91 Å². The molecule has 0 aliphatic carbocycles. The second-order valence-electron chi connectivity index (χ2n) is 3.65. The average Bonchev–Trinajstić information content (AvgIpc) is 2.95. The molecule has 96 valence electrons. The molecule has 2 aromatic rings. The van der Waals surface area contributed by atoms with Crippen LogP contribution in [0.5, 0.6) is 0 Å². The Labute approximate surface area is 108 Å². The van der Waals surface area contributed by atoms with E-state index in [2.05, 4.69) is 26.0 Å². The molecule has 2 rings (SSSR count). The molecule has 0 bridgehead atoms. The highest BCUT2D eigenvalue weighted by Gasteiger charge is 2.14. The fraction of sp³-hybridized carbons (Fsp3) is 0.400. The van der Waals surface area contributed by atoms with Crippen LogP contribution in [-0.2, 0) is 6.54 Å². The number of nitrogens with one attached hydrogen (secondary N) is 2. The number of carbonyl (C=O) groups is 1. The fourth-order valence-electron chi connectivity index (χ4n) is 1.41. The quantitative estimate of drug-likeness (QED) is 0.862. The Morgan fingerprint density at radius 3 is 2.72 bits per heavy atom. The summed E-state index contributed by atoms with van der Waals surface area (Å²) in [5.41, 5.74) is 1.67. The average molecular weight is 267 g/mol.